The van der Waals surface area contributed by atoms with Crippen molar-refractivity contribution < 1.29 is 9.53 Å². The number of ether oxygens (including phenoxy) is 1. The van der Waals surface area contributed by atoms with Crippen LogP contribution in [-0.4, -0.2) is 23.0 Å². The van der Waals surface area contributed by atoms with Gasteiger partial charge in [0.1, 0.15) is 0 Å². The van der Waals surface area contributed by atoms with Gasteiger partial charge < -0.3 is 10.1 Å². The summed E-state index contributed by atoms with van der Waals surface area (Å²) in [6, 6.07) is 0. The number of aromatic nitrogens is 2. The molecule has 2 heterocycles. The summed E-state index contributed by atoms with van der Waals surface area (Å²) in [5, 5.41) is 2.58. The first-order valence-corrected chi connectivity index (χ1v) is 3.49. The summed E-state index contributed by atoms with van der Waals surface area (Å²) in [6.45, 7) is 0. The van der Waals surface area contributed by atoms with E-state index in [1.807, 2.05) is 0 Å². The maximum absolute atomic E-state index is 10.9. The summed E-state index contributed by atoms with van der Waals surface area (Å²) < 4.78 is 4.85. The molecule has 1 aliphatic heterocycles. The van der Waals surface area contributed by atoms with Gasteiger partial charge in [-0.1, -0.05) is 0 Å². The van der Waals surface area contributed by atoms with Gasteiger partial charge in [0.25, 0.3) is 0 Å². The van der Waals surface area contributed by atoms with Crippen LogP contribution in [0.4, 0.5) is 5.82 Å². The predicted molar refractivity (Wildman–Crippen MR) is 40.9 cm³/mol. The Morgan fingerprint density at radius 3 is 3.25 bits per heavy atom. The average Bonchev–Trinajstić information content (AvgIpc) is 2.43. The largest absolute Gasteiger partial charge is 0.480 e. The second-order valence-corrected chi connectivity index (χ2v) is 2.43. The van der Waals surface area contributed by atoms with Gasteiger partial charge in [-0.2, -0.15) is 4.98 Å². The highest BCUT2D eigenvalue weighted by Gasteiger charge is 2.20. The van der Waals surface area contributed by atoms with Gasteiger partial charge in [-0.3, -0.25) is 9.78 Å². The summed E-state index contributed by atoms with van der Waals surface area (Å²) in [5.74, 6) is 0.855. The molecule has 0 atom stereocenters. The summed E-state index contributed by atoms with van der Waals surface area (Å²) in [4.78, 5) is 18.9. The lowest BCUT2D eigenvalue weighted by molar-refractivity contribution is -0.115. The van der Waals surface area contributed by atoms with E-state index in [9.17, 15) is 4.79 Å². The van der Waals surface area contributed by atoms with Crippen molar-refractivity contribution in [1.82, 2.24) is 9.97 Å². The Kier molecular flexibility index (Phi) is 1.43. The van der Waals surface area contributed by atoms with Crippen LogP contribution in [0.3, 0.4) is 0 Å². The van der Waals surface area contributed by atoms with Gasteiger partial charge in [0.2, 0.25) is 11.8 Å². The van der Waals surface area contributed by atoms with Crippen LogP contribution >= 0.6 is 0 Å². The van der Waals surface area contributed by atoms with E-state index in [4.69, 9.17) is 4.74 Å². The highest BCUT2D eigenvalue weighted by molar-refractivity contribution is 5.97. The number of carbonyl (C=O) groups is 1. The Hall–Kier alpha value is -1.65. The normalized spacial score (nSPS) is 13.9. The summed E-state index contributed by atoms with van der Waals surface area (Å²) in [5.41, 5.74) is 0.681. The van der Waals surface area contributed by atoms with Crippen LogP contribution in [0.15, 0.2) is 6.20 Å². The molecule has 12 heavy (non-hydrogen) atoms. The van der Waals surface area contributed by atoms with Gasteiger partial charge in [0.05, 0.1) is 25.4 Å². The molecule has 5 nitrogen and oxygen atoms in total. The molecule has 0 aliphatic carbocycles. The standard InChI is InChI=1S/C7H7N3O2/c1-12-6-3-8-4-2-5(11)9-7(4)10-6/h3H,2H2,1H3,(H,9,10,11). The first kappa shape index (κ1) is 7.02. The Labute approximate surface area is 68.8 Å². The van der Waals surface area contributed by atoms with Crippen molar-refractivity contribution in [2.24, 2.45) is 0 Å². The van der Waals surface area contributed by atoms with Crippen LogP contribution < -0.4 is 10.1 Å². The van der Waals surface area contributed by atoms with Crippen LogP contribution in [0.5, 0.6) is 5.88 Å². The van der Waals surface area contributed by atoms with Gasteiger partial charge in [-0.05, 0) is 0 Å². The Morgan fingerprint density at radius 2 is 2.50 bits per heavy atom. The fraction of sp³-hybridized carbons (Fsp3) is 0.286. The number of hydrogen-bond acceptors (Lipinski definition) is 4. The van der Waals surface area contributed by atoms with Crippen molar-refractivity contribution in [3.63, 3.8) is 0 Å². The molecule has 0 radical (unpaired) electrons. The van der Waals surface area contributed by atoms with E-state index in [0.717, 1.165) is 0 Å². The predicted octanol–water partition coefficient (Wildman–Crippen LogP) is -0.0202. The van der Waals surface area contributed by atoms with Gasteiger partial charge in [0.15, 0.2) is 5.82 Å². The maximum atomic E-state index is 10.9. The molecule has 1 amide bonds. The second kappa shape index (κ2) is 2.44. The lowest BCUT2D eigenvalue weighted by Gasteiger charge is -1.99. The quantitative estimate of drug-likeness (QED) is 0.635. The molecule has 0 bridgehead atoms. The van der Waals surface area contributed by atoms with Crippen molar-refractivity contribution in [3.05, 3.63) is 11.9 Å². The highest BCUT2D eigenvalue weighted by Crippen LogP contribution is 2.19. The zero-order valence-electron chi connectivity index (χ0n) is 6.50. The molecule has 1 aliphatic rings. The molecule has 62 valence electrons. The molecular weight excluding hydrogens is 158 g/mol. The van der Waals surface area contributed by atoms with Gasteiger partial charge in [-0.15, -0.1) is 0 Å². The minimum absolute atomic E-state index is 0.0711. The molecule has 0 aromatic carbocycles. The average molecular weight is 165 g/mol. The SMILES string of the molecule is COc1cnc2c(n1)NC(=O)C2. The maximum Gasteiger partial charge on any atom is 0.234 e. The number of rotatable bonds is 1. The van der Waals surface area contributed by atoms with E-state index >= 15 is 0 Å². The van der Waals surface area contributed by atoms with Crippen molar-refractivity contribution >= 4 is 11.7 Å². The number of methoxy groups -OCH3 is 1. The van der Waals surface area contributed by atoms with Gasteiger partial charge in [0, 0.05) is 0 Å². The van der Waals surface area contributed by atoms with E-state index in [1.54, 1.807) is 0 Å². The molecule has 2 rings (SSSR count). The first-order chi connectivity index (χ1) is 5.79. The van der Waals surface area contributed by atoms with Crippen LogP contribution in [-0.2, 0) is 11.2 Å². The van der Waals surface area contributed by atoms with Crippen molar-refractivity contribution in [2.75, 3.05) is 12.4 Å². The third-order valence-corrected chi connectivity index (χ3v) is 1.62. The molecule has 1 aromatic rings. The molecule has 0 spiro atoms. The number of fused-ring (bicyclic) bond motifs is 1. The van der Waals surface area contributed by atoms with E-state index in [-0.39, 0.29) is 5.91 Å². The topological polar surface area (TPSA) is 64.1 Å². The second-order valence-electron chi connectivity index (χ2n) is 2.43. The highest BCUT2D eigenvalue weighted by atomic mass is 16.5. The molecule has 0 fully saturated rings. The van der Waals surface area contributed by atoms with E-state index in [0.29, 0.717) is 23.8 Å². The van der Waals surface area contributed by atoms with Crippen molar-refractivity contribution in [2.45, 2.75) is 6.42 Å². The Balaban J connectivity index is 2.41. The fourth-order valence-electron chi connectivity index (χ4n) is 1.05. The van der Waals surface area contributed by atoms with Gasteiger partial charge >= 0.3 is 0 Å². The van der Waals surface area contributed by atoms with Crippen LogP contribution in [0.25, 0.3) is 0 Å². The minimum Gasteiger partial charge on any atom is -0.480 e. The minimum atomic E-state index is -0.0711. The molecule has 0 saturated heterocycles. The van der Waals surface area contributed by atoms with Crippen LogP contribution in [0.2, 0.25) is 0 Å². The number of hydrogen-bond donors (Lipinski definition) is 1. The number of carbonyl (C=O) groups excluding carboxylic acids is 1. The number of amides is 1. The first-order valence-electron chi connectivity index (χ1n) is 3.49. The molecule has 0 saturated carbocycles. The number of anilines is 1. The van der Waals surface area contributed by atoms with Crippen molar-refractivity contribution in [1.29, 1.82) is 0 Å². The fourth-order valence-corrected chi connectivity index (χ4v) is 1.05. The molecule has 1 N–H and O–H groups in total. The number of nitrogens with one attached hydrogen (secondary N) is 1. The number of nitrogens with zero attached hydrogens (tertiary/aromatic N) is 2. The summed E-state index contributed by atoms with van der Waals surface area (Å²) in [7, 11) is 1.51. The lowest BCUT2D eigenvalue weighted by Crippen LogP contribution is -2.04. The van der Waals surface area contributed by atoms with Crippen LogP contribution in [0, 0.1) is 0 Å². The zero-order valence-corrected chi connectivity index (χ0v) is 6.50. The summed E-state index contributed by atoms with van der Waals surface area (Å²) in [6.07, 6.45) is 1.81. The molecular formula is C7H7N3O2. The summed E-state index contributed by atoms with van der Waals surface area (Å²) >= 11 is 0. The van der Waals surface area contributed by atoms with E-state index < -0.39 is 0 Å². The molecule has 0 unspecified atom stereocenters. The van der Waals surface area contributed by atoms with Crippen molar-refractivity contribution in [3.8, 4) is 5.88 Å². The van der Waals surface area contributed by atoms with E-state index in [1.165, 1.54) is 13.3 Å². The van der Waals surface area contributed by atoms with Crippen LogP contribution in [0.1, 0.15) is 5.69 Å². The smallest absolute Gasteiger partial charge is 0.234 e. The Morgan fingerprint density at radius 1 is 1.67 bits per heavy atom. The lowest BCUT2D eigenvalue weighted by atomic mass is 10.3. The van der Waals surface area contributed by atoms with E-state index in [2.05, 4.69) is 15.3 Å². The molecule has 1 aromatic heterocycles. The Bertz CT molecular complexity index is 337. The third kappa shape index (κ3) is 0.990. The monoisotopic (exact) mass is 165 g/mol. The van der Waals surface area contributed by atoms with Gasteiger partial charge in [-0.25, -0.2) is 0 Å². The third-order valence-electron chi connectivity index (χ3n) is 1.62. The zero-order chi connectivity index (χ0) is 8.55. The molecule has 5 heteroatoms.